The number of unbranched alkanes of at least 4 members (excludes halogenated alkanes) is 2. The van der Waals surface area contributed by atoms with E-state index in [4.69, 9.17) is 0 Å². The normalized spacial score (nSPS) is 11.4. The molecule has 0 fully saturated rings. The van der Waals surface area contributed by atoms with Crippen molar-refractivity contribution in [1.82, 2.24) is 0 Å². The molecular weight excluding hydrogens is 465 g/mol. The van der Waals surface area contributed by atoms with Crippen LogP contribution >= 0.6 is 0 Å². The van der Waals surface area contributed by atoms with E-state index >= 15 is 8.78 Å². The molecule has 37 heavy (non-hydrogen) atoms. The van der Waals surface area contributed by atoms with Crippen LogP contribution in [-0.4, -0.2) is 0 Å². The average molecular weight is 499 g/mol. The van der Waals surface area contributed by atoms with Crippen molar-refractivity contribution in [3.63, 3.8) is 0 Å². The molecule has 0 radical (unpaired) electrons. The molecule has 3 heteroatoms. The van der Waals surface area contributed by atoms with Crippen molar-refractivity contribution in [1.29, 1.82) is 0 Å². The zero-order valence-electron chi connectivity index (χ0n) is 21.5. The van der Waals surface area contributed by atoms with Crippen molar-refractivity contribution >= 4 is 12.2 Å². The lowest BCUT2D eigenvalue weighted by molar-refractivity contribution is 0.514. The van der Waals surface area contributed by atoms with Crippen LogP contribution < -0.4 is 0 Å². The van der Waals surface area contributed by atoms with E-state index in [-0.39, 0.29) is 16.9 Å². The van der Waals surface area contributed by atoms with Gasteiger partial charge in [0.15, 0.2) is 11.6 Å². The van der Waals surface area contributed by atoms with Gasteiger partial charge in [0, 0.05) is 11.1 Å². The van der Waals surface area contributed by atoms with Gasteiger partial charge in [-0.25, -0.2) is 13.2 Å². The highest BCUT2D eigenvalue weighted by Crippen LogP contribution is 2.32. The number of aryl methyl sites for hydroxylation is 2. The smallest absolute Gasteiger partial charge is 0.167 e. The van der Waals surface area contributed by atoms with E-state index in [0.29, 0.717) is 11.1 Å². The Morgan fingerprint density at radius 3 is 1.70 bits per heavy atom. The summed E-state index contributed by atoms with van der Waals surface area (Å²) in [4.78, 5) is 0. The summed E-state index contributed by atoms with van der Waals surface area (Å²) < 4.78 is 44.4. The molecule has 0 heterocycles. The molecular formula is C34H33F3. The van der Waals surface area contributed by atoms with Crippen LogP contribution in [0.5, 0.6) is 0 Å². The van der Waals surface area contributed by atoms with Crippen molar-refractivity contribution in [2.75, 3.05) is 0 Å². The van der Waals surface area contributed by atoms with E-state index in [1.54, 1.807) is 30.3 Å². The molecule has 0 aliphatic heterocycles. The lowest BCUT2D eigenvalue weighted by atomic mass is 9.97. The molecule has 0 amide bonds. The maximum absolute atomic E-state index is 15.0. The second kappa shape index (κ2) is 12.6. The zero-order valence-corrected chi connectivity index (χ0v) is 21.5. The van der Waals surface area contributed by atoms with E-state index in [0.717, 1.165) is 55.2 Å². The minimum absolute atomic E-state index is 0.175. The molecule has 0 nitrogen and oxygen atoms in total. The molecule has 4 aromatic rings. The number of hydrogen-bond acceptors (Lipinski definition) is 0. The van der Waals surface area contributed by atoms with Crippen LogP contribution in [0.25, 0.3) is 34.4 Å². The van der Waals surface area contributed by atoms with Crippen molar-refractivity contribution in [2.45, 2.75) is 52.4 Å². The maximum Gasteiger partial charge on any atom is 0.167 e. The van der Waals surface area contributed by atoms with Crippen LogP contribution in [-0.2, 0) is 12.8 Å². The molecule has 0 spiro atoms. The minimum atomic E-state index is -0.854. The molecule has 0 atom stereocenters. The Morgan fingerprint density at radius 1 is 0.568 bits per heavy atom. The SMILES string of the molecule is CCCCCc1ccc(C=Cc2ccc(-c3ccc(-c4ccc(CCC)cc4)c(F)c3F)cc2)cc1F. The van der Waals surface area contributed by atoms with Crippen LogP contribution in [0.2, 0.25) is 0 Å². The standard InChI is InChI=1S/C34H33F3/c1-3-5-6-8-29-20-15-26(23-32(29)35)10-9-25-13-18-28(19-14-25)31-22-21-30(33(36)34(31)37)27-16-11-24(7-4-2)12-17-27/h9-23H,3-8H2,1-2H3. The Morgan fingerprint density at radius 2 is 1.14 bits per heavy atom. The molecule has 0 saturated heterocycles. The fraction of sp³-hybridized carbons (Fsp3) is 0.235. The fourth-order valence-corrected chi connectivity index (χ4v) is 4.54. The van der Waals surface area contributed by atoms with E-state index in [1.807, 2.05) is 60.7 Å². The molecule has 0 aromatic heterocycles. The molecule has 0 N–H and O–H groups in total. The van der Waals surface area contributed by atoms with Gasteiger partial charge in [0.25, 0.3) is 0 Å². The zero-order chi connectivity index (χ0) is 26.2. The molecule has 0 bridgehead atoms. The molecule has 4 aromatic carbocycles. The third-order valence-electron chi connectivity index (χ3n) is 6.70. The van der Waals surface area contributed by atoms with Crippen LogP contribution in [0.3, 0.4) is 0 Å². The average Bonchev–Trinajstić information content (AvgIpc) is 2.91. The number of benzene rings is 4. The largest absolute Gasteiger partial charge is 0.207 e. The third kappa shape index (κ3) is 6.60. The quantitative estimate of drug-likeness (QED) is 0.151. The number of rotatable bonds is 10. The van der Waals surface area contributed by atoms with Gasteiger partial charge in [-0.1, -0.05) is 118 Å². The predicted octanol–water partition coefficient (Wildman–Crippen LogP) is 10.3. The topological polar surface area (TPSA) is 0 Å². The van der Waals surface area contributed by atoms with E-state index in [9.17, 15) is 4.39 Å². The van der Waals surface area contributed by atoms with Crippen molar-refractivity contribution in [2.24, 2.45) is 0 Å². The van der Waals surface area contributed by atoms with Gasteiger partial charge >= 0.3 is 0 Å². The molecule has 0 aliphatic rings. The Labute approximate surface area is 218 Å². The highest BCUT2D eigenvalue weighted by atomic mass is 19.2. The monoisotopic (exact) mass is 498 g/mol. The van der Waals surface area contributed by atoms with Crippen LogP contribution in [0.4, 0.5) is 13.2 Å². The summed E-state index contributed by atoms with van der Waals surface area (Å²) in [6.45, 7) is 4.24. The Kier molecular flexibility index (Phi) is 9.00. The summed E-state index contributed by atoms with van der Waals surface area (Å²) in [5.41, 5.74) is 5.35. The first-order valence-corrected chi connectivity index (χ1v) is 13.1. The summed E-state index contributed by atoms with van der Waals surface area (Å²) in [6, 6.07) is 23.5. The first-order chi connectivity index (χ1) is 18.0. The second-order valence-electron chi connectivity index (χ2n) is 9.50. The number of hydrogen-bond donors (Lipinski definition) is 0. The first kappa shape index (κ1) is 26.5. The second-order valence-corrected chi connectivity index (χ2v) is 9.50. The van der Waals surface area contributed by atoms with Gasteiger partial charge in [-0.3, -0.25) is 0 Å². The Bertz CT molecular complexity index is 1350. The highest BCUT2D eigenvalue weighted by molar-refractivity contribution is 5.74. The van der Waals surface area contributed by atoms with Gasteiger partial charge in [0.1, 0.15) is 5.82 Å². The van der Waals surface area contributed by atoms with Gasteiger partial charge in [-0.2, -0.15) is 0 Å². The summed E-state index contributed by atoms with van der Waals surface area (Å²) in [5, 5.41) is 0. The van der Waals surface area contributed by atoms with Gasteiger partial charge in [-0.05, 0) is 58.7 Å². The summed E-state index contributed by atoms with van der Waals surface area (Å²) in [7, 11) is 0. The summed E-state index contributed by atoms with van der Waals surface area (Å²) >= 11 is 0. The minimum Gasteiger partial charge on any atom is -0.207 e. The van der Waals surface area contributed by atoms with Crippen molar-refractivity contribution in [3.05, 3.63) is 119 Å². The van der Waals surface area contributed by atoms with Gasteiger partial charge < -0.3 is 0 Å². The van der Waals surface area contributed by atoms with E-state index < -0.39 is 11.6 Å². The Balaban J connectivity index is 1.48. The lowest BCUT2D eigenvalue weighted by Crippen LogP contribution is -1.94. The van der Waals surface area contributed by atoms with Gasteiger partial charge in [0.2, 0.25) is 0 Å². The lowest BCUT2D eigenvalue weighted by Gasteiger charge is -2.10. The molecule has 0 aliphatic carbocycles. The summed E-state index contributed by atoms with van der Waals surface area (Å²) in [6.07, 6.45) is 9.71. The van der Waals surface area contributed by atoms with Crippen LogP contribution in [0.1, 0.15) is 61.8 Å². The molecule has 190 valence electrons. The van der Waals surface area contributed by atoms with E-state index in [2.05, 4.69) is 13.8 Å². The summed E-state index contributed by atoms with van der Waals surface area (Å²) in [5.74, 6) is -1.87. The van der Waals surface area contributed by atoms with Gasteiger partial charge in [0.05, 0.1) is 0 Å². The van der Waals surface area contributed by atoms with Crippen LogP contribution in [0, 0.1) is 17.5 Å². The van der Waals surface area contributed by atoms with Gasteiger partial charge in [-0.15, -0.1) is 0 Å². The van der Waals surface area contributed by atoms with Crippen molar-refractivity contribution in [3.8, 4) is 22.3 Å². The Hall–Kier alpha value is -3.59. The molecule has 4 rings (SSSR count). The van der Waals surface area contributed by atoms with Crippen molar-refractivity contribution < 1.29 is 13.2 Å². The third-order valence-corrected chi connectivity index (χ3v) is 6.70. The molecule has 0 unspecified atom stereocenters. The van der Waals surface area contributed by atoms with E-state index in [1.165, 1.54) is 5.56 Å². The fourth-order valence-electron chi connectivity index (χ4n) is 4.54. The number of halogens is 3. The van der Waals surface area contributed by atoms with Crippen LogP contribution in [0.15, 0.2) is 78.9 Å². The maximum atomic E-state index is 15.0. The first-order valence-electron chi connectivity index (χ1n) is 13.1. The highest BCUT2D eigenvalue weighted by Gasteiger charge is 2.16. The predicted molar refractivity (Wildman–Crippen MR) is 150 cm³/mol. The molecule has 0 saturated carbocycles.